The fourth-order valence-corrected chi connectivity index (χ4v) is 13.2. The maximum Gasteiger partial charge on any atom is 0.261 e. The molecule has 1 heterocycles. The average molecular weight is 669 g/mol. The second-order valence-corrected chi connectivity index (χ2v) is 19.6. The molecule has 4 aromatic rings. The molecule has 0 radical (unpaired) electrons. The van der Waals surface area contributed by atoms with Gasteiger partial charge in [0.15, 0.2) is 9.84 Å². The number of phenols is 1. The van der Waals surface area contributed by atoms with E-state index in [0.717, 1.165) is 21.5 Å². The molecule has 1 aliphatic rings. The van der Waals surface area contributed by atoms with Gasteiger partial charge < -0.3 is 19.7 Å². The first kappa shape index (κ1) is 34.5. The van der Waals surface area contributed by atoms with E-state index in [1.807, 2.05) is 84.9 Å². The molecule has 0 unspecified atom stereocenters. The molecule has 47 heavy (non-hydrogen) atoms. The Hall–Kier alpha value is -3.79. The van der Waals surface area contributed by atoms with Gasteiger partial charge in [-0.25, -0.2) is 8.42 Å². The van der Waals surface area contributed by atoms with Crippen LogP contribution in [0.15, 0.2) is 126 Å². The molecule has 5 rings (SSSR count). The molecule has 4 aromatic carbocycles. The van der Waals surface area contributed by atoms with E-state index < -0.39 is 36.1 Å². The molecule has 0 amide bonds. The predicted octanol–water partition coefficient (Wildman–Crippen LogP) is 5.74. The maximum absolute atomic E-state index is 13.4. The van der Waals surface area contributed by atoms with Gasteiger partial charge in [-0.2, -0.15) is 0 Å². The topological polar surface area (TPSA) is 104 Å². The molecule has 3 N–H and O–H groups in total. The number of aromatic hydroxyl groups is 1. The van der Waals surface area contributed by atoms with Gasteiger partial charge in [0.05, 0.1) is 25.1 Å². The Kier molecular flexibility index (Phi) is 10.7. The van der Waals surface area contributed by atoms with E-state index in [1.54, 1.807) is 12.1 Å². The molecule has 8 heteroatoms. The van der Waals surface area contributed by atoms with Crippen molar-refractivity contribution >= 4 is 40.2 Å². The van der Waals surface area contributed by atoms with Crippen LogP contribution in [0.1, 0.15) is 44.7 Å². The minimum Gasteiger partial charge on any atom is -0.507 e. The number of phenolic OH excluding ortho intramolecular Hbond substituents is 1. The summed E-state index contributed by atoms with van der Waals surface area (Å²) in [7, 11) is -6.75. The molecule has 0 bridgehead atoms. The molecule has 0 saturated carbocycles. The number of aliphatic hydroxyl groups excluding tert-OH is 2. The number of aliphatic hydroxyl groups is 2. The molecule has 6 nitrogen and oxygen atoms in total. The Balaban J connectivity index is 1.52. The number of para-hydroxylation sites is 1. The highest BCUT2D eigenvalue weighted by molar-refractivity contribution is 7.92. The predicted molar refractivity (Wildman–Crippen MR) is 193 cm³/mol. The van der Waals surface area contributed by atoms with Gasteiger partial charge in [-0.1, -0.05) is 130 Å². The molecule has 0 spiro atoms. The average Bonchev–Trinajstić information content (AvgIpc) is 3.33. The second-order valence-electron chi connectivity index (χ2n) is 13.1. The van der Waals surface area contributed by atoms with E-state index in [1.165, 1.54) is 0 Å². The van der Waals surface area contributed by atoms with E-state index in [0.29, 0.717) is 23.1 Å². The molecule has 0 aliphatic carbocycles. The van der Waals surface area contributed by atoms with Crippen molar-refractivity contribution in [1.82, 2.24) is 0 Å². The zero-order valence-corrected chi connectivity index (χ0v) is 29.0. The van der Waals surface area contributed by atoms with Gasteiger partial charge in [0, 0.05) is 5.56 Å². The van der Waals surface area contributed by atoms with Crippen LogP contribution in [0.2, 0.25) is 5.04 Å². The Morgan fingerprint density at radius 3 is 1.94 bits per heavy atom. The first-order chi connectivity index (χ1) is 22.5. The smallest absolute Gasteiger partial charge is 0.261 e. The van der Waals surface area contributed by atoms with Gasteiger partial charge in [-0.3, -0.25) is 0 Å². The minimum absolute atomic E-state index is 0.0225. The van der Waals surface area contributed by atoms with Crippen molar-refractivity contribution in [2.24, 2.45) is 0 Å². The Bertz CT molecular complexity index is 1770. The summed E-state index contributed by atoms with van der Waals surface area (Å²) in [6.45, 7) is 5.89. The largest absolute Gasteiger partial charge is 0.507 e. The van der Waals surface area contributed by atoms with Crippen LogP contribution in [0.4, 0.5) is 0 Å². The van der Waals surface area contributed by atoms with Crippen LogP contribution in [0.25, 0.3) is 11.6 Å². The normalized spacial score (nSPS) is 17.6. The monoisotopic (exact) mass is 668 g/mol. The SMILES string of the molecule is CC(C)(C)[Si](OCC1=C([C@H](O)CC/C(=C/c2ccccc2O)c2ccccc2)[C@H](CO)S(=O)(=O)C1)(c1ccccc1)c1ccccc1. The van der Waals surface area contributed by atoms with Crippen LogP contribution < -0.4 is 10.4 Å². The number of rotatable bonds is 12. The highest BCUT2D eigenvalue weighted by Gasteiger charge is 2.51. The summed E-state index contributed by atoms with van der Waals surface area (Å²) in [5, 5.41) is 33.2. The third kappa shape index (κ3) is 7.37. The number of allylic oxidation sites excluding steroid dienone is 1. The summed E-state index contributed by atoms with van der Waals surface area (Å²) < 4.78 is 33.9. The highest BCUT2D eigenvalue weighted by atomic mass is 32.2. The summed E-state index contributed by atoms with van der Waals surface area (Å²) in [4.78, 5) is 0. The van der Waals surface area contributed by atoms with Gasteiger partial charge in [0.25, 0.3) is 8.32 Å². The Morgan fingerprint density at radius 2 is 1.40 bits per heavy atom. The summed E-state index contributed by atoms with van der Waals surface area (Å²) >= 11 is 0. The lowest BCUT2D eigenvalue weighted by atomic mass is 9.92. The van der Waals surface area contributed by atoms with Crippen LogP contribution in [-0.2, 0) is 14.3 Å². The second kappa shape index (κ2) is 14.5. The maximum atomic E-state index is 13.4. The van der Waals surface area contributed by atoms with E-state index in [2.05, 4.69) is 45.0 Å². The Labute approximate surface area is 279 Å². The quantitative estimate of drug-likeness (QED) is 0.101. The Morgan fingerprint density at radius 1 is 0.872 bits per heavy atom. The summed E-state index contributed by atoms with van der Waals surface area (Å²) in [6.07, 6.45) is 1.40. The van der Waals surface area contributed by atoms with E-state index >= 15 is 0 Å². The van der Waals surface area contributed by atoms with Crippen LogP contribution in [0.3, 0.4) is 0 Å². The van der Waals surface area contributed by atoms with Gasteiger partial charge in [0.1, 0.15) is 11.0 Å². The summed E-state index contributed by atoms with van der Waals surface area (Å²) in [6, 6.07) is 37.0. The van der Waals surface area contributed by atoms with Crippen molar-refractivity contribution in [1.29, 1.82) is 0 Å². The van der Waals surface area contributed by atoms with Crippen molar-refractivity contribution in [3.05, 3.63) is 138 Å². The third-order valence-electron chi connectivity index (χ3n) is 9.07. The van der Waals surface area contributed by atoms with Crippen molar-refractivity contribution in [2.45, 2.75) is 50.0 Å². The molecular weight excluding hydrogens is 625 g/mol. The highest BCUT2D eigenvalue weighted by Crippen LogP contribution is 2.39. The zero-order chi connectivity index (χ0) is 33.7. The molecule has 1 aliphatic heterocycles. The zero-order valence-electron chi connectivity index (χ0n) is 27.2. The molecular formula is C39H44O6SSi. The third-order valence-corrected chi connectivity index (χ3v) is 16.1. The van der Waals surface area contributed by atoms with Gasteiger partial charge >= 0.3 is 0 Å². The van der Waals surface area contributed by atoms with Crippen molar-refractivity contribution in [3.8, 4) is 5.75 Å². The fraction of sp³-hybridized carbons (Fsp3) is 0.282. The minimum atomic E-state index is -3.75. The molecule has 2 atom stereocenters. The molecule has 0 fully saturated rings. The fourth-order valence-electron chi connectivity index (χ4n) is 6.79. The molecule has 246 valence electrons. The van der Waals surface area contributed by atoms with E-state index in [-0.39, 0.29) is 29.6 Å². The van der Waals surface area contributed by atoms with Crippen molar-refractivity contribution in [3.63, 3.8) is 0 Å². The van der Waals surface area contributed by atoms with Gasteiger partial charge in [-0.05, 0) is 62.7 Å². The lowest BCUT2D eigenvalue weighted by molar-refractivity contribution is 0.188. The van der Waals surface area contributed by atoms with E-state index in [4.69, 9.17) is 4.43 Å². The molecule has 0 saturated heterocycles. The van der Waals surface area contributed by atoms with Gasteiger partial charge in [-0.15, -0.1) is 0 Å². The number of benzene rings is 4. The lowest BCUT2D eigenvalue weighted by Gasteiger charge is -2.43. The van der Waals surface area contributed by atoms with Crippen LogP contribution in [-0.4, -0.2) is 62.4 Å². The number of sulfone groups is 1. The van der Waals surface area contributed by atoms with Gasteiger partial charge in [0.2, 0.25) is 0 Å². The summed E-state index contributed by atoms with van der Waals surface area (Å²) in [5.74, 6) is -0.128. The van der Waals surface area contributed by atoms with Crippen LogP contribution in [0.5, 0.6) is 5.75 Å². The first-order valence-electron chi connectivity index (χ1n) is 16.0. The summed E-state index contributed by atoms with van der Waals surface area (Å²) in [5.41, 5.74) is 3.32. The number of hydrogen-bond acceptors (Lipinski definition) is 6. The van der Waals surface area contributed by atoms with Crippen LogP contribution >= 0.6 is 0 Å². The molecule has 0 aromatic heterocycles. The lowest BCUT2D eigenvalue weighted by Crippen LogP contribution is -2.66. The number of hydrogen-bond donors (Lipinski definition) is 3. The van der Waals surface area contributed by atoms with Crippen molar-refractivity contribution < 1.29 is 28.2 Å². The van der Waals surface area contributed by atoms with Crippen LogP contribution in [0, 0.1) is 0 Å². The van der Waals surface area contributed by atoms with E-state index in [9.17, 15) is 23.7 Å². The standard InChI is InChI=1S/C39H44O6SSi/c1-39(2,3)47(33-18-9-5-10-19-33,34-20-11-6-12-21-34)45-27-32-28-46(43,44)37(26-40)38(32)36(42)24-23-30(29-15-7-4-8-16-29)25-31-17-13-14-22-35(31)41/h4-22,25,36-37,40-42H,23-24,26-28H2,1-3H3/b30-25-/t36-,37+/m1/s1. The van der Waals surface area contributed by atoms with Crippen molar-refractivity contribution in [2.75, 3.05) is 19.0 Å². The first-order valence-corrected chi connectivity index (χ1v) is 19.6.